The summed E-state index contributed by atoms with van der Waals surface area (Å²) in [6, 6.07) is 12.2. The minimum absolute atomic E-state index is 0.695. The van der Waals surface area contributed by atoms with Gasteiger partial charge in [-0.1, -0.05) is 35.5 Å². The molecule has 1 aromatic carbocycles. The van der Waals surface area contributed by atoms with Crippen molar-refractivity contribution in [3.63, 3.8) is 0 Å². The Morgan fingerprint density at radius 2 is 1.95 bits per heavy atom. The monoisotopic (exact) mass is 268 g/mol. The average molecular weight is 268 g/mol. The van der Waals surface area contributed by atoms with E-state index in [1.807, 2.05) is 35.1 Å². The Bertz CT molecular complexity index is 631. The van der Waals surface area contributed by atoms with Crippen LogP contribution in [0.2, 0.25) is 0 Å². The second kappa shape index (κ2) is 6.16. The zero-order valence-electron chi connectivity index (χ0n) is 11.1. The van der Waals surface area contributed by atoms with Gasteiger partial charge in [-0.25, -0.2) is 0 Å². The van der Waals surface area contributed by atoms with E-state index in [-0.39, 0.29) is 0 Å². The van der Waals surface area contributed by atoms with Crippen LogP contribution in [0, 0.1) is 0 Å². The first kappa shape index (κ1) is 12.6. The SMILES string of the molecule is c1ccc(Cn2cc(CNCc3ccon3)cn2)cc1. The Labute approximate surface area is 117 Å². The summed E-state index contributed by atoms with van der Waals surface area (Å²) in [4.78, 5) is 0. The lowest BCUT2D eigenvalue weighted by Gasteiger charge is -2.01. The third-order valence-electron chi connectivity index (χ3n) is 3.00. The molecule has 3 rings (SSSR count). The van der Waals surface area contributed by atoms with Gasteiger partial charge in [0.15, 0.2) is 0 Å². The van der Waals surface area contributed by atoms with Gasteiger partial charge in [0.2, 0.25) is 0 Å². The predicted octanol–water partition coefficient (Wildman–Crippen LogP) is 2.21. The summed E-state index contributed by atoms with van der Waals surface area (Å²) in [5.74, 6) is 0. The van der Waals surface area contributed by atoms with Gasteiger partial charge in [-0.3, -0.25) is 4.68 Å². The molecule has 0 amide bonds. The number of rotatable bonds is 6. The van der Waals surface area contributed by atoms with Crippen molar-refractivity contribution in [3.8, 4) is 0 Å². The molecule has 0 saturated heterocycles. The summed E-state index contributed by atoms with van der Waals surface area (Å²) in [6.07, 6.45) is 5.52. The zero-order chi connectivity index (χ0) is 13.6. The van der Waals surface area contributed by atoms with Gasteiger partial charge in [0, 0.05) is 30.9 Å². The van der Waals surface area contributed by atoms with Crippen LogP contribution in [-0.2, 0) is 19.6 Å². The summed E-state index contributed by atoms with van der Waals surface area (Å²) in [6.45, 7) is 2.26. The van der Waals surface area contributed by atoms with Crippen molar-refractivity contribution in [1.29, 1.82) is 0 Å². The molecular weight excluding hydrogens is 252 g/mol. The lowest BCUT2D eigenvalue weighted by Crippen LogP contribution is -2.12. The maximum absolute atomic E-state index is 4.78. The van der Waals surface area contributed by atoms with Crippen LogP contribution in [0.1, 0.15) is 16.8 Å². The van der Waals surface area contributed by atoms with E-state index in [2.05, 4.69) is 33.9 Å². The van der Waals surface area contributed by atoms with E-state index in [1.54, 1.807) is 6.26 Å². The Hall–Kier alpha value is -2.40. The lowest BCUT2D eigenvalue weighted by atomic mass is 10.2. The van der Waals surface area contributed by atoms with Gasteiger partial charge in [-0.15, -0.1) is 0 Å². The minimum Gasteiger partial charge on any atom is -0.364 e. The number of aromatic nitrogens is 3. The van der Waals surface area contributed by atoms with E-state index in [9.17, 15) is 0 Å². The molecular formula is C15H16N4O. The van der Waals surface area contributed by atoms with Crippen LogP contribution in [0.4, 0.5) is 0 Å². The molecule has 2 aromatic heterocycles. The van der Waals surface area contributed by atoms with Gasteiger partial charge >= 0.3 is 0 Å². The van der Waals surface area contributed by atoms with Crippen molar-refractivity contribution in [3.05, 3.63) is 71.9 Å². The maximum Gasteiger partial charge on any atom is 0.124 e. The predicted molar refractivity (Wildman–Crippen MR) is 74.8 cm³/mol. The highest BCUT2D eigenvalue weighted by Crippen LogP contribution is 2.04. The van der Waals surface area contributed by atoms with Crippen LogP contribution in [-0.4, -0.2) is 14.9 Å². The molecule has 0 aliphatic rings. The van der Waals surface area contributed by atoms with Crippen molar-refractivity contribution in [2.24, 2.45) is 0 Å². The topological polar surface area (TPSA) is 55.9 Å². The Morgan fingerprint density at radius 3 is 2.75 bits per heavy atom. The largest absolute Gasteiger partial charge is 0.364 e. The molecule has 0 fully saturated rings. The Kier molecular flexibility index (Phi) is 3.89. The molecule has 102 valence electrons. The van der Waals surface area contributed by atoms with Gasteiger partial charge < -0.3 is 9.84 Å². The van der Waals surface area contributed by atoms with Gasteiger partial charge in [0.05, 0.1) is 18.4 Å². The van der Waals surface area contributed by atoms with Crippen molar-refractivity contribution >= 4 is 0 Å². The van der Waals surface area contributed by atoms with Crippen LogP contribution in [0.5, 0.6) is 0 Å². The zero-order valence-corrected chi connectivity index (χ0v) is 11.1. The molecule has 20 heavy (non-hydrogen) atoms. The van der Waals surface area contributed by atoms with Crippen molar-refractivity contribution in [2.75, 3.05) is 0 Å². The molecule has 0 radical (unpaired) electrons. The van der Waals surface area contributed by atoms with Crippen LogP contribution >= 0.6 is 0 Å². The quantitative estimate of drug-likeness (QED) is 0.744. The summed E-state index contributed by atoms with van der Waals surface area (Å²) < 4.78 is 6.73. The summed E-state index contributed by atoms with van der Waals surface area (Å²) in [7, 11) is 0. The molecule has 0 saturated carbocycles. The summed E-state index contributed by atoms with van der Waals surface area (Å²) >= 11 is 0. The van der Waals surface area contributed by atoms with Gasteiger partial charge in [0.25, 0.3) is 0 Å². The molecule has 5 nitrogen and oxygen atoms in total. The van der Waals surface area contributed by atoms with Crippen molar-refractivity contribution in [1.82, 2.24) is 20.3 Å². The highest BCUT2D eigenvalue weighted by atomic mass is 16.5. The second-order valence-corrected chi connectivity index (χ2v) is 4.63. The minimum atomic E-state index is 0.695. The van der Waals surface area contributed by atoms with Gasteiger partial charge in [-0.05, 0) is 5.56 Å². The van der Waals surface area contributed by atoms with E-state index < -0.39 is 0 Å². The first-order valence-corrected chi connectivity index (χ1v) is 6.55. The summed E-state index contributed by atoms with van der Waals surface area (Å²) in [5, 5.41) is 11.5. The van der Waals surface area contributed by atoms with Crippen molar-refractivity contribution in [2.45, 2.75) is 19.6 Å². The van der Waals surface area contributed by atoms with E-state index in [1.165, 1.54) is 5.56 Å². The van der Waals surface area contributed by atoms with Crippen LogP contribution < -0.4 is 5.32 Å². The van der Waals surface area contributed by atoms with E-state index in [0.717, 1.165) is 24.3 Å². The van der Waals surface area contributed by atoms with E-state index >= 15 is 0 Å². The Balaban J connectivity index is 1.52. The first-order chi connectivity index (χ1) is 9.90. The third-order valence-corrected chi connectivity index (χ3v) is 3.00. The van der Waals surface area contributed by atoms with Crippen LogP contribution in [0.3, 0.4) is 0 Å². The van der Waals surface area contributed by atoms with E-state index in [0.29, 0.717) is 6.54 Å². The lowest BCUT2D eigenvalue weighted by molar-refractivity contribution is 0.408. The second-order valence-electron chi connectivity index (χ2n) is 4.63. The normalized spacial score (nSPS) is 10.8. The van der Waals surface area contributed by atoms with Crippen LogP contribution in [0.25, 0.3) is 0 Å². The third kappa shape index (κ3) is 3.33. The molecule has 5 heteroatoms. The fraction of sp³-hybridized carbons (Fsp3) is 0.200. The number of hydrogen-bond acceptors (Lipinski definition) is 4. The number of nitrogens with zero attached hydrogens (tertiary/aromatic N) is 3. The highest BCUT2D eigenvalue weighted by Gasteiger charge is 2.01. The van der Waals surface area contributed by atoms with Gasteiger partial charge in [0.1, 0.15) is 6.26 Å². The Morgan fingerprint density at radius 1 is 1.05 bits per heavy atom. The fourth-order valence-corrected chi connectivity index (χ4v) is 2.02. The smallest absolute Gasteiger partial charge is 0.124 e. The van der Waals surface area contributed by atoms with E-state index in [4.69, 9.17) is 4.52 Å². The molecule has 0 atom stereocenters. The molecule has 2 heterocycles. The standard InChI is InChI=1S/C15H16N4O/c1-2-4-13(5-3-1)11-19-12-14(9-17-19)8-16-10-15-6-7-20-18-15/h1-7,9,12,16H,8,10-11H2. The van der Waals surface area contributed by atoms with Crippen molar-refractivity contribution < 1.29 is 4.52 Å². The molecule has 0 aliphatic carbocycles. The molecule has 0 aliphatic heterocycles. The first-order valence-electron chi connectivity index (χ1n) is 6.55. The highest BCUT2D eigenvalue weighted by molar-refractivity contribution is 5.15. The molecule has 0 unspecified atom stereocenters. The molecule has 0 spiro atoms. The van der Waals surface area contributed by atoms with Crippen LogP contribution in [0.15, 0.2) is 59.6 Å². The number of hydrogen-bond donors (Lipinski definition) is 1. The van der Waals surface area contributed by atoms with Gasteiger partial charge in [-0.2, -0.15) is 5.10 Å². The number of nitrogens with one attached hydrogen (secondary N) is 1. The summed E-state index contributed by atoms with van der Waals surface area (Å²) in [5.41, 5.74) is 3.31. The fourth-order valence-electron chi connectivity index (χ4n) is 2.02. The molecule has 0 bridgehead atoms. The number of benzene rings is 1. The molecule has 3 aromatic rings. The maximum atomic E-state index is 4.78. The average Bonchev–Trinajstić information content (AvgIpc) is 3.12. The molecule has 1 N–H and O–H groups in total.